The Morgan fingerprint density at radius 3 is 2.89 bits per heavy atom. The molecule has 2 aromatic heterocycles. The Bertz CT molecular complexity index is 560. The van der Waals surface area contributed by atoms with E-state index in [0.29, 0.717) is 17.1 Å². The lowest BCUT2D eigenvalue weighted by Crippen LogP contribution is -2.38. The Morgan fingerprint density at radius 1 is 1.32 bits per heavy atom. The first kappa shape index (κ1) is 12.7. The lowest BCUT2D eigenvalue weighted by Gasteiger charge is -2.30. The van der Waals surface area contributed by atoms with Gasteiger partial charge in [0.05, 0.1) is 0 Å². The molecule has 2 aromatic rings. The van der Waals surface area contributed by atoms with Crippen LogP contribution in [0.15, 0.2) is 18.7 Å². The van der Waals surface area contributed by atoms with Crippen LogP contribution in [0.2, 0.25) is 5.28 Å². The number of rotatable bonds is 2. The Kier molecular flexibility index (Phi) is 3.56. The zero-order valence-corrected chi connectivity index (χ0v) is 12.0. The fourth-order valence-electron chi connectivity index (χ4n) is 1.96. The molecule has 1 aliphatic heterocycles. The summed E-state index contributed by atoms with van der Waals surface area (Å²) >= 11 is 7.96. The van der Waals surface area contributed by atoms with Gasteiger partial charge in [0.15, 0.2) is 0 Å². The normalized spacial score (nSPS) is 19.7. The first-order chi connectivity index (χ1) is 9.22. The predicted molar refractivity (Wildman–Crippen MR) is 76.1 cm³/mol. The molecule has 3 heterocycles. The molecule has 100 valence electrons. The van der Waals surface area contributed by atoms with Gasteiger partial charge < -0.3 is 4.90 Å². The Labute approximate surface area is 120 Å². The molecule has 0 radical (unpaired) electrons. The molecule has 0 saturated carbocycles. The molecule has 1 aliphatic rings. The number of imidazole rings is 1. The highest BCUT2D eigenvalue weighted by Crippen LogP contribution is 2.22. The highest BCUT2D eigenvalue weighted by molar-refractivity contribution is 8.00. The fourth-order valence-corrected chi connectivity index (χ4v) is 3.13. The molecule has 8 heteroatoms. The van der Waals surface area contributed by atoms with Crippen LogP contribution in [0.3, 0.4) is 0 Å². The average molecular weight is 297 g/mol. The Morgan fingerprint density at radius 2 is 2.16 bits per heavy atom. The van der Waals surface area contributed by atoms with Crippen molar-refractivity contribution >= 4 is 29.3 Å². The summed E-state index contributed by atoms with van der Waals surface area (Å²) in [5.74, 6) is 2.21. The van der Waals surface area contributed by atoms with Crippen molar-refractivity contribution < 1.29 is 0 Å². The molecule has 0 spiro atoms. The highest BCUT2D eigenvalue weighted by Gasteiger charge is 2.20. The Hall–Kier alpha value is -1.34. The van der Waals surface area contributed by atoms with E-state index in [9.17, 15) is 0 Å². The van der Waals surface area contributed by atoms with Crippen LogP contribution in [-0.4, -0.2) is 48.6 Å². The minimum absolute atomic E-state index is 0.208. The van der Waals surface area contributed by atoms with Gasteiger partial charge >= 0.3 is 0 Å². The van der Waals surface area contributed by atoms with Gasteiger partial charge in [-0.15, -0.1) is 0 Å². The molecule has 0 N–H and O–H groups in total. The zero-order valence-electron chi connectivity index (χ0n) is 10.4. The van der Waals surface area contributed by atoms with Gasteiger partial charge in [0.2, 0.25) is 17.2 Å². The highest BCUT2D eigenvalue weighted by atomic mass is 35.5. The van der Waals surface area contributed by atoms with Crippen molar-refractivity contribution in [2.24, 2.45) is 0 Å². The largest absolute Gasteiger partial charge is 0.339 e. The first-order valence-electron chi connectivity index (χ1n) is 5.99. The molecule has 1 atom stereocenters. The summed E-state index contributed by atoms with van der Waals surface area (Å²) in [4.78, 5) is 19.0. The minimum Gasteiger partial charge on any atom is -0.339 e. The molecule has 0 bridgehead atoms. The summed E-state index contributed by atoms with van der Waals surface area (Å²) < 4.78 is 1.72. The molecule has 6 nitrogen and oxygen atoms in total. The predicted octanol–water partition coefficient (Wildman–Crippen LogP) is 1.65. The van der Waals surface area contributed by atoms with E-state index in [-0.39, 0.29) is 5.28 Å². The van der Waals surface area contributed by atoms with Gasteiger partial charge in [-0.25, -0.2) is 4.98 Å². The Balaban J connectivity index is 1.93. The standard InChI is InChI=1S/C11H13ClN6S/c1-8-6-17(4-5-19-8)10-14-9(12)15-11(16-10)18-3-2-13-7-18/h2-3,7-8H,4-6H2,1H3. The van der Waals surface area contributed by atoms with Crippen LogP contribution in [0.4, 0.5) is 5.95 Å². The second-order valence-electron chi connectivity index (χ2n) is 4.30. The first-order valence-corrected chi connectivity index (χ1v) is 7.41. The third kappa shape index (κ3) is 2.82. The molecular weight excluding hydrogens is 284 g/mol. The van der Waals surface area contributed by atoms with E-state index < -0.39 is 0 Å². The van der Waals surface area contributed by atoms with Crippen LogP contribution < -0.4 is 4.90 Å². The van der Waals surface area contributed by atoms with E-state index in [4.69, 9.17) is 11.6 Å². The molecule has 0 amide bonds. The van der Waals surface area contributed by atoms with Crippen LogP contribution in [0.25, 0.3) is 5.95 Å². The van der Waals surface area contributed by atoms with E-state index in [1.807, 2.05) is 11.8 Å². The summed E-state index contributed by atoms with van der Waals surface area (Å²) in [5, 5.41) is 0.778. The number of anilines is 1. The number of hydrogen-bond donors (Lipinski definition) is 0. The van der Waals surface area contributed by atoms with Crippen molar-refractivity contribution in [1.29, 1.82) is 0 Å². The number of nitrogens with zero attached hydrogens (tertiary/aromatic N) is 6. The van der Waals surface area contributed by atoms with Gasteiger partial charge in [-0.2, -0.15) is 26.7 Å². The van der Waals surface area contributed by atoms with Crippen molar-refractivity contribution in [3.05, 3.63) is 24.0 Å². The molecule has 0 aromatic carbocycles. The molecule has 3 rings (SSSR count). The number of hydrogen-bond acceptors (Lipinski definition) is 6. The molecule has 19 heavy (non-hydrogen) atoms. The molecule has 1 fully saturated rings. The van der Waals surface area contributed by atoms with E-state index >= 15 is 0 Å². The van der Waals surface area contributed by atoms with Crippen molar-refractivity contribution in [2.75, 3.05) is 23.7 Å². The lowest BCUT2D eigenvalue weighted by atomic mass is 10.4. The van der Waals surface area contributed by atoms with E-state index in [0.717, 1.165) is 18.8 Å². The van der Waals surface area contributed by atoms with E-state index in [1.165, 1.54) is 0 Å². The monoisotopic (exact) mass is 296 g/mol. The molecule has 0 aliphatic carbocycles. The summed E-state index contributed by atoms with van der Waals surface area (Å²) in [7, 11) is 0. The third-order valence-electron chi connectivity index (χ3n) is 2.84. The summed E-state index contributed by atoms with van der Waals surface area (Å²) in [6, 6.07) is 0. The van der Waals surface area contributed by atoms with Crippen molar-refractivity contribution in [3.63, 3.8) is 0 Å². The van der Waals surface area contributed by atoms with Gasteiger partial charge in [-0.3, -0.25) is 4.57 Å². The summed E-state index contributed by atoms with van der Waals surface area (Å²) in [6.45, 7) is 4.06. The summed E-state index contributed by atoms with van der Waals surface area (Å²) in [6.07, 6.45) is 5.10. The SMILES string of the molecule is CC1CN(c2nc(Cl)nc(-n3ccnc3)n2)CCS1. The number of thioether (sulfide) groups is 1. The quantitative estimate of drug-likeness (QED) is 0.840. The second kappa shape index (κ2) is 5.34. The maximum Gasteiger partial charge on any atom is 0.241 e. The number of halogens is 1. The fraction of sp³-hybridized carbons (Fsp3) is 0.455. The maximum atomic E-state index is 5.99. The van der Waals surface area contributed by atoms with Crippen LogP contribution in [0, 0.1) is 0 Å². The smallest absolute Gasteiger partial charge is 0.241 e. The van der Waals surface area contributed by atoms with Crippen molar-refractivity contribution in [3.8, 4) is 5.95 Å². The maximum absolute atomic E-state index is 5.99. The van der Waals surface area contributed by atoms with Gasteiger partial charge in [-0.1, -0.05) is 6.92 Å². The second-order valence-corrected chi connectivity index (χ2v) is 6.19. The van der Waals surface area contributed by atoms with Crippen LogP contribution in [0.5, 0.6) is 0 Å². The molecule has 1 unspecified atom stereocenters. The summed E-state index contributed by atoms with van der Waals surface area (Å²) in [5.41, 5.74) is 0. The van der Waals surface area contributed by atoms with Crippen LogP contribution >= 0.6 is 23.4 Å². The third-order valence-corrected chi connectivity index (χ3v) is 4.15. The van der Waals surface area contributed by atoms with E-state index in [2.05, 4.69) is 31.8 Å². The van der Waals surface area contributed by atoms with Crippen LogP contribution in [0.1, 0.15) is 6.92 Å². The molecule has 1 saturated heterocycles. The van der Waals surface area contributed by atoms with E-state index in [1.54, 1.807) is 23.3 Å². The topological polar surface area (TPSA) is 59.7 Å². The van der Waals surface area contributed by atoms with Gasteiger partial charge in [-0.05, 0) is 11.6 Å². The van der Waals surface area contributed by atoms with Gasteiger partial charge in [0.25, 0.3) is 0 Å². The van der Waals surface area contributed by atoms with Crippen molar-refractivity contribution in [2.45, 2.75) is 12.2 Å². The lowest BCUT2D eigenvalue weighted by molar-refractivity contribution is 0.742. The van der Waals surface area contributed by atoms with Crippen molar-refractivity contribution in [1.82, 2.24) is 24.5 Å². The van der Waals surface area contributed by atoms with Gasteiger partial charge in [0.1, 0.15) is 6.33 Å². The average Bonchev–Trinajstić information content (AvgIpc) is 2.92. The van der Waals surface area contributed by atoms with Gasteiger partial charge in [0, 0.05) is 36.5 Å². The van der Waals surface area contributed by atoms with Crippen LogP contribution in [-0.2, 0) is 0 Å². The zero-order chi connectivity index (χ0) is 13.2. The minimum atomic E-state index is 0.208. The molecular formula is C11H13ClN6S. The number of aromatic nitrogens is 5.